The first-order chi connectivity index (χ1) is 6.31. The van der Waals surface area contributed by atoms with Gasteiger partial charge in [-0.1, -0.05) is 13.3 Å². The van der Waals surface area contributed by atoms with Crippen molar-refractivity contribution < 1.29 is 4.74 Å². The van der Waals surface area contributed by atoms with E-state index in [1.54, 1.807) is 0 Å². The van der Waals surface area contributed by atoms with E-state index >= 15 is 0 Å². The lowest BCUT2D eigenvalue weighted by Gasteiger charge is -2.27. The summed E-state index contributed by atoms with van der Waals surface area (Å²) in [6.07, 6.45) is 6.02. The third-order valence-corrected chi connectivity index (χ3v) is 3.79. The highest BCUT2D eigenvalue weighted by molar-refractivity contribution is 4.88. The molecule has 1 aliphatic carbocycles. The van der Waals surface area contributed by atoms with Crippen molar-refractivity contribution in [3.63, 3.8) is 0 Å². The van der Waals surface area contributed by atoms with Gasteiger partial charge in [0.05, 0.1) is 6.10 Å². The topological polar surface area (TPSA) is 12.5 Å². The first-order valence-electron chi connectivity index (χ1n) is 5.58. The van der Waals surface area contributed by atoms with Gasteiger partial charge in [0.1, 0.15) is 0 Å². The molecule has 76 valence electrons. The summed E-state index contributed by atoms with van der Waals surface area (Å²) in [7, 11) is 1.84. The molecule has 2 heteroatoms. The molecule has 0 bridgehead atoms. The second-order valence-corrected chi connectivity index (χ2v) is 4.62. The lowest BCUT2D eigenvalue weighted by atomic mass is 10.1. The minimum atomic E-state index is 0.507. The monoisotopic (exact) mass is 183 g/mol. The summed E-state index contributed by atoms with van der Waals surface area (Å²) < 4.78 is 5.39. The molecular formula is C11H21NO. The van der Waals surface area contributed by atoms with Crippen molar-refractivity contribution in [2.45, 2.75) is 44.8 Å². The van der Waals surface area contributed by atoms with Crippen LogP contribution in [0.5, 0.6) is 0 Å². The zero-order chi connectivity index (χ0) is 9.26. The fraction of sp³-hybridized carbons (Fsp3) is 1.00. The molecule has 1 aliphatic heterocycles. The molecule has 2 nitrogen and oxygen atoms in total. The fourth-order valence-electron chi connectivity index (χ4n) is 2.92. The Morgan fingerprint density at radius 2 is 2.08 bits per heavy atom. The van der Waals surface area contributed by atoms with E-state index in [1.807, 2.05) is 7.11 Å². The zero-order valence-electron chi connectivity index (χ0n) is 8.83. The highest BCUT2D eigenvalue weighted by atomic mass is 16.5. The molecule has 0 aromatic carbocycles. The van der Waals surface area contributed by atoms with E-state index < -0.39 is 0 Å². The van der Waals surface area contributed by atoms with Crippen LogP contribution in [-0.2, 0) is 4.74 Å². The van der Waals surface area contributed by atoms with Crippen molar-refractivity contribution in [3.05, 3.63) is 0 Å². The number of hydrogen-bond donors (Lipinski definition) is 0. The molecule has 2 rings (SSSR count). The molecule has 2 fully saturated rings. The maximum atomic E-state index is 5.39. The second kappa shape index (κ2) is 3.97. The van der Waals surface area contributed by atoms with Crippen LogP contribution in [0.4, 0.5) is 0 Å². The zero-order valence-corrected chi connectivity index (χ0v) is 8.83. The van der Waals surface area contributed by atoms with E-state index in [0.29, 0.717) is 6.10 Å². The Balaban J connectivity index is 1.88. The van der Waals surface area contributed by atoms with Gasteiger partial charge in [-0.05, 0) is 25.2 Å². The van der Waals surface area contributed by atoms with E-state index in [-0.39, 0.29) is 0 Å². The molecule has 2 unspecified atom stereocenters. The number of methoxy groups -OCH3 is 1. The maximum Gasteiger partial charge on any atom is 0.0710 e. The van der Waals surface area contributed by atoms with Gasteiger partial charge in [-0.3, -0.25) is 4.90 Å². The van der Waals surface area contributed by atoms with Gasteiger partial charge >= 0.3 is 0 Å². The van der Waals surface area contributed by atoms with Gasteiger partial charge in [0.25, 0.3) is 0 Å². The highest BCUT2D eigenvalue weighted by Crippen LogP contribution is 2.31. The van der Waals surface area contributed by atoms with Crippen LogP contribution in [0, 0.1) is 5.92 Å². The Kier molecular flexibility index (Phi) is 2.89. The van der Waals surface area contributed by atoms with E-state index in [0.717, 1.165) is 12.0 Å². The molecule has 1 saturated heterocycles. The van der Waals surface area contributed by atoms with Crippen LogP contribution in [0.1, 0.15) is 32.6 Å². The Bertz CT molecular complexity index is 171. The number of hydrogen-bond acceptors (Lipinski definition) is 2. The third-order valence-electron chi connectivity index (χ3n) is 3.79. The van der Waals surface area contributed by atoms with E-state index in [1.165, 1.54) is 38.8 Å². The van der Waals surface area contributed by atoms with Gasteiger partial charge in [-0.25, -0.2) is 0 Å². The summed E-state index contributed by atoms with van der Waals surface area (Å²) in [6.45, 7) is 4.83. The van der Waals surface area contributed by atoms with Gasteiger partial charge in [0.15, 0.2) is 0 Å². The Hall–Kier alpha value is -0.0800. The lowest BCUT2D eigenvalue weighted by Crippen LogP contribution is -2.35. The summed E-state index contributed by atoms with van der Waals surface area (Å²) in [4.78, 5) is 2.64. The molecule has 1 heterocycles. The average Bonchev–Trinajstić information content (AvgIpc) is 2.71. The number of rotatable bonds is 2. The molecule has 0 radical (unpaired) electrons. The molecule has 0 amide bonds. The number of ether oxygens (including phenoxy) is 1. The van der Waals surface area contributed by atoms with Crippen LogP contribution in [0.3, 0.4) is 0 Å². The molecule has 3 atom stereocenters. The lowest BCUT2D eigenvalue weighted by molar-refractivity contribution is 0.0968. The van der Waals surface area contributed by atoms with Crippen molar-refractivity contribution in [3.8, 4) is 0 Å². The first kappa shape index (κ1) is 9.47. The highest BCUT2D eigenvalue weighted by Gasteiger charge is 2.33. The van der Waals surface area contributed by atoms with Crippen molar-refractivity contribution >= 4 is 0 Å². The van der Waals surface area contributed by atoms with Gasteiger partial charge in [0.2, 0.25) is 0 Å². The van der Waals surface area contributed by atoms with Gasteiger partial charge < -0.3 is 4.74 Å². The van der Waals surface area contributed by atoms with Crippen molar-refractivity contribution in [2.75, 3.05) is 20.2 Å². The second-order valence-electron chi connectivity index (χ2n) is 4.62. The molecule has 0 spiro atoms. The SMILES string of the molecule is CO[C@@H]1CCN(C2CCCC2C)C1. The van der Waals surface area contributed by atoms with E-state index in [2.05, 4.69) is 11.8 Å². The largest absolute Gasteiger partial charge is 0.380 e. The smallest absolute Gasteiger partial charge is 0.0710 e. The van der Waals surface area contributed by atoms with E-state index in [9.17, 15) is 0 Å². The third kappa shape index (κ3) is 1.89. The standard InChI is InChI=1S/C11H21NO/c1-9-4-3-5-11(9)12-7-6-10(8-12)13-2/h9-11H,3-8H2,1-2H3/t9?,10-,11?/m1/s1. The quantitative estimate of drug-likeness (QED) is 0.648. The first-order valence-corrected chi connectivity index (χ1v) is 5.58. The van der Waals surface area contributed by atoms with Crippen LogP contribution < -0.4 is 0 Å². The van der Waals surface area contributed by atoms with Crippen molar-refractivity contribution in [2.24, 2.45) is 5.92 Å². The fourth-order valence-corrected chi connectivity index (χ4v) is 2.92. The normalized spacial score (nSPS) is 41.5. The summed E-state index contributed by atoms with van der Waals surface area (Å²) in [5, 5.41) is 0. The summed E-state index contributed by atoms with van der Waals surface area (Å²) in [6, 6.07) is 0.861. The summed E-state index contributed by atoms with van der Waals surface area (Å²) in [5.74, 6) is 0.913. The molecule has 0 aromatic rings. The van der Waals surface area contributed by atoms with E-state index in [4.69, 9.17) is 4.74 Å². The average molecular weight is 183 g/mol. The van der Waals surface area contributed by atoms with Crippen molar-refractivity contribution in [1.82, 2.24) is 4.90 Å². The van der Waals surface area contributed by atoms with Crippen LogP contribution in [0.25, 0.3) is 0 Å². The number of likely N-dealkylation sites (tertiary alicyclic amines) is 1. The molecular weight excluding hydrogens is 162 g/mol. The summed E-state index contributed by atoms with van der Waals surface area (Å²) >= 11 is 0. The molecule has 13 heavy (non-hydrogen) atoms. The van der Waals surface area contributed by atoms with Crippen LogP contribution in [-0.4, -0.2) is 37.2 Å². The molecule has 0 N–H and O–H groups in total. The Morgan fingerprint density at radius 1 is 1.23 bits per heavy atom. The predicted octanol–water partition coefficient (Wildman–Crippen LogP) is 1.90. The Labute approximate surface area is 81.3 Å². The molecule has 0 aromatic heterocycles. The maximum absolute atomic E-state index is 5.39. The minimum Gasteiger partial charge on any atom is -0.380 e. The van der Waals surface area contributed by atoms with Crippen molar-refractivity contribution in [1.29, 1.82) is 0 Å². The van der Waals surface area contributed by atoms with Crippen LogP contribution in [0.2, 0.25) is 0 Å². The van der Waals surface area contributed by atoms with Gasteiger partial charge in [-0.15, -0.1) is 0 Å². The minimum absolute atomic E-state index is 0.507. The van der Waals surface area contributed by atoms with Gasteiger partial charge in [0, 0.05) is 26.2 Å². The molecule has 1 saturated carbocycles. The predicted molar refractivity (Wildman–Crippen MR) is 53.8 cm³/mol. The van der Waals surface area contributed by atoms with Crippen LogP contribution in [0.15, 0.2) is 0 Å². The van der Waals surface area contributed by atoms with Gasteiger partial charge in [-0.2, -0.15) is 0 Å². The Morgan fingerprint density at radius 3 is 2.62 bits per heavy atom. The van der Waals surface area contributed by atoms with Crippen LogP contribution >= 0.6 is 0 Å². The number of nitrogens with zero attached hydrogens (tertiary/aromatic N) is 1. The molecule has 2 aliphatic rings. The summed E-state index contributed by atoms with van der Waals surface area (Å²) in [5.41, 5.74) is 0.